The quantitative estimate of drug-likeness (QED) is 0.651. The summed E-state index contributed by atoms with van der Waals surface area (Å²) in [4.78, 5) is 60.0. The van der Waals surface area contributed by atoms with Crippen LogP contribution in [0.25, 0.3) is 0 Å². The molecule has 2 fully saturated rings. The number of nitrogens with one attached hydrogen (secondary N) is 1. The van der Waals surface area contributed by atoms with E-state index in [4.69, 9.17) is 0 Å². The fourth-order valence-corrected chi connectivity index (χ4v) is 5.25. The fourth-order valence-electron chi connectivity index (χ4n) is 5.25. The largest absolute Gasteiger partial charge is 0.340 e. The Hall–Kier alpha value is -3.55. The molecular formula is C29H36N4O4. The highest BCUT2D eigenvalue weighted by Crippen LogP contribution is 2.32. The Bertz CT molecular complexity index is 1170. The molecule has 0 spiro atoms. The van der Waals surface area contributed by atoms with Crippen LogP contribution in [0, 0.1) is 5.92 Å². The molecule has 8 nitrogen and oxygen atoms in total. The van der Waals surface area contributed by atoms with E-state index in [2.05, 4.69) is 31.1 Å². The number of carbonyl (C=O) groups is 4. The lowest BCUT2D eigenvalue weighted by molar-refractivity contribution is -0.138. The van der Waals surface area contributed by atoms with Gasteiger partial charge >= 0.3 is 0 Å². The van der Waals surface area contributed by atoms with Crippen LogP contribution in [0.3, 0.4) is 0 Å². The van der Waals surface area contributed by atoms with Gasteiger partial charge in [-0.3, -0.25) is 24.2 Å². The van der Waals surface area contributed by atoms with Crippen LogP contribution in [0.1, 0.15) is 73.7 Å². The summed E-state index contributed by atoms with van der Waals surface area (Å²) in [6.07, 6.45) is 4.04. The van der Waals surface area contributed by atoms with Crippen molar-refractivity contribution in [3.63, 3.8) is 0 Å². The molecule has 1 aromatic heterocycles. The Kier molecular flexibility index (Phi) is 7.48. The molecule has 37 heavy (non-hydrogen) atoms. The first-order valence-electron chi connectivity index (χ1n) is 12.9. The second kappa shape index (κ2) is 10.4. The van der Waals surface area contributed by atoms with Gasteiger partial charge in [0, 0.05) is 24.5 Å². The Labute approximate surface area is 218 Å². The van der Waals surface area contributed by atoms with E-state index in [0.29, 0.717) is 30.5 Å². The fraction of sp³-hybridized carbons (Fsp3) is 0.483. The summed E-state index contributed by atoms with van der Waals surface area (Å²) in [6.45, 7) is 10.6. The highest BCUT2D eigenvalue weighted by molar-refractivity contribution is 6.03. The number of fused-ring (bicyclic) bond motifs is 1. The first kappa shape index (κ1) is 26.5. The van der Waals surface area contributed by atoms with E-state index < -0.39 is 12.1 Å². The minimum absolute atomic E-state index is 0.0302. The van der Waals surface area contributed by atoms with E-state index >= 15 is 0 Å². The van der Waals surface area contributed by atoms with Gasteiger partial charge in [0.25, 0.3) is 11.8 Å². The molecule has 3 atom stereocenters. The Morgan fingerprint density at radius 2 is 1.76 bits per heavy atom. The smallest absolute Gasteiger partial charge is 0.256 e. The van der Waals surface area contributed by atoms with Crippen LogP contribution >= 0.6 is 0 Å². The van der Waals surface area contributed by atoms with Crippen LogP contribution in [0.5, 0.6) is 0 Å². The maximum atomic E-state index is 13.7. The molecule has 3 heterocycles. The summed E-state index contributed by atoms with van der Waals surface area (Å²) < 4.78 is 0. The number of hydrogen-bond acceptors (Lipinski definition) is 5. The van der Waals surface area contributed by atoms with Gasteiger partial charge in [0.15, 0.2) is 5.78 Å². The second-order valence-corrected chi connectivity index (χ2v) is 11.5. The Balaban J connectivity index is 1.50. The number of nitrogens with zero attached hydrogens (tertiary/aromatic N) is 3. The number of aromatic nitrogens is 1. The van der Waals surface area contributed by atoms with Crippen molar-refractivity contribution in [2.45, 2.75) is 71.0 Å². The number of likely N-dealkylation sites (tertiary alicyclic amines) is 2. The first-order valence-corrected chi connectivity index (χ1v) is 12.9. The lowest BCUT2D eigenvalue weighted by Crippen LogP contribution is -2.53. The van der Waals surface area contributed by atoms with Crippen molar-refractivity contribution in [1.82, 2.24) is 20.1 Å². The molecule has 1 N–H and O–H groups in total. The number of rotatable bonds is 6. The van der Waals surface area contributed by atoms with Gasteiger partial charge in [-0.25, -0.2) is 0 Å². The summed E-state index contributed by atoms with van der Waals surface area (Å²) in [6, 6.07) is 8.97. The highest BCUT2D eigenvalue weighted by Gasteiger charge is 2.52. The molecule has 4 rings (SSSR count). The van der Waals surface area contributed by atoms with Gasteiger partial charge in [-0.2, -0.15) is 0 Å². The normalized spacial score (nSPS) is 20.2. The van der Waals surface area contributed by atoms with Crippen molar-refractivity contribution in [1.29, 1.82) is 0 Å². The van der Waals surface area contributed by atoms with Crippen molar-refractivity contribution in [2.24, 2.45) is 5.92 Å². The SMILES string of the molecule is CC(C)CC(NC(=O)c1ccc(C(C)(C)C)cc1)C(=O)N1CCC2C1C(=O)CN2C(=O)c1cccnc1. The summed E-state index contributed by atoms with van der Waals surface area (Å²) >= 11 is 0. The zero-order valence-corrected chi connectivity index (χ0v) is 22.2. The zero-order valence-electron chi connectivity index (χ0n) is 22.2. The predicted molar refractivity (Wildman–Crippen MR) is 140 cm³/mol. The molecule has 2 aliphatic heterocycles. The average molecular weight is 505 g/mol. The van der Waals surface area contributed by atoms with Crippen LogP contribution in [-0.4, -0.2) is 69.5 Å². The molecule has 3 amide bonds. The van der Waals surface area contributed by atoms with Crippen LogP contribution < -0.4 is 5.32 Å². The topological polar surface area (TPSA) is 99.7 Å². The van der Waals surface area contributed by atoms with Crippen LogP contribution in [-0.2, 0) is 15.0 Å². The van der Waals surface area contributed by atoms with E-state index in [0.717, 1.165) is 5.56 Å². The van der Waals surface area contributed by atoms with Crippen LogP contribution in [0.15, 0.2) is 48.8 Å². The molecular weight excluding hydrogens is 468 g/mol. The van der Waals surface area contributed by atoms with Gasteiger partial charge < -0.3 is 15.1 Å². The summed E-state index contributed by atoms with van der Waals surface area (Å²) in [7, 11) is 0. The van der Waals surface area contributed by atoms with Crippen molar-refractivity contribution in [3.05, 3.63) is 65.5 Å². The molecule has 2 aromatic rings. The summed E-state index contributed by atoms with van der Waals surface area (Å²) in [5.74, 6) is -0.848. The Morgan fingerprint density at radius 1 is 1.05 bits per heavy atom. The van der Waals surface area contributed by atoms with Gasteiger partial charge in [0.1, 0.15) is 12.1 Å². The number of benzene rings is 1. The van der Waals surface area contributed by atoms with Crippen molar-refractivity contribution in [2.75, 3.05) is 13.1 Å². The molecule has 0 bridgehead atoms. The first-order chi connectivity index (χ1) is 17.5. The molecule has 0 saturated carbocycles. The van der Waals surface area contributed by atoms with Crippen LogP contribution in [0.4, 0.5) is 0 Å². The number of pyridine rings is 1. The van der Waals surface area contributed by atoms with E-state index in [1.54, 1.807) is 40.3 Å². The van der Waals surface area contributed by atoms with Crippen molar-refractivity contribution < 1.29 is 19.2 Å². The third-order valence-corrected chi connectivity index (χ3v) is 7.20. The molecule has 0 radical (unpaired) electrons. The molecule has 1 aromatic carbocycles. The highest BCUT2D eigenvalue weighted by atomic mass is 16.2. The minimum Gasteiger partial charge on any atom is -0.340 e. The maximum Gasteiger partial charge on any atom is 0.256 e. The minimum atomic E-state index is -0.760. The van der Waals surface area contributed by atoms with Crippen LogP contribution in [0.2, 0.25) is 0 Å². The van der Waals surface area contributed by atoms with Crippen molar-refractivity contribution >= 4 is 23.5 Å². The van der Waals surface area contributed by atoms with Gasteiger partial charge in [-0.05, 0) is 54.0 Å². The molecule has 2 saturated heterocycles. The number of carbonyl (C=O) groups excluding carboxylic acids is 4. The summed E-state index contributed by atoms with van der Waals surface area (Å²) in [5, 5.41) is 2.92. The van der Waals surface area contributed by atoms with E-state index in [-0.39, 0.29) is 47.4 Å². The van der Waals surface area contributed by atoms with Crippen molar-refractivity contribution in [3.8, 4) is 0 Å². The number of ketones is 1. The third kappa shape index (κ3) is 5.58. The average Bonchev–Trinajstić information content (AvgIpc) is 3.44. The molecule has 196 valence electrons. The molecule has 0 aliphatic carbocycles. The standard InChI is InChI=1S/C29H36N4O4/c1-18(2)15-22(31-26(35)19-8-10-21(11-9-19)29(3,4)5)28(37)32-14-12-23-25(32)24(34)17-33(23)27(36)20-7-6-13-30-16-20/h6-11,13,16,18,22-23,25H,12,14-15,17H2,1-5H3,(H,31,35). The lowest BCUT2D eigenvalue weighted by Gasteiger charge is -2.29. The number of amides is 3. The zero-order chi connectivity index (χ0) is 26.9. The lowest BCUT2D eigenvalue weighted by atomic mass is 9.86. The maximum absolute atomic E-state index is 13.7. The Morgan fingerprint density at radius 3 is 2.35 bits per heavy atom. The molecule has 3 unspecified atom stereocenters. The number of hydrogen-bond donors (Lipinski definition) is 1. The van der Waals surface area contributed by atoms with Gasteiger partial charge in [0.2, 0.25) is 5.91 Å². The van der Waals surface area contributed by atoms with E-state index in [1.807, 2.05) is 26.0 Å². The van der Waals surface area contributed by atoms with Gasteiger partial charge in [-0.15, -0.1) is 0 Å². The summed E-state index contributed by atoms with van der Waals surface area (Å²) in [5.41, 5.74) is 1.99. The van der Waals surface area contributed by atoms with Gasteiger partial charge in [-0.1, -0.05) is 46.8 Å². The van der Waals surface area contributed by atoms with E-state index in [1.165, 1.54) is 6.20 Å². The number of Topliss-reactive ketones (excluding diaryl/α,β-unsaturated/α-hetero) is 1. The molecule has 2 aliphatic rings. The monoisotopic (exact) mass is 504 g/mol. The predicted octanol–water partition coefficient (Wildman–Crippen LogP) is 3.22. The second-order valence-electron chi connectivity index (χ2n) is 11.5. The van der Waals surface area contributed by atoms with Gasteiger partial charge in [0.05, 0.1) is 18.2 Å². The molecule has 8 heteroatoms. The third-order valence-electron chi connectivity index (χ3n) is 7.20. The van der Waals surface area contributed by atoms with E-state index in [9.17, 15) is 19.2 Å².